The number of amides is 1. The number of likely N-dealkylation sites (tertiary alicyclic amines) is 1. The summed E-state index contributed by atoms with van der Waals surface area (Å²) >= 11 is 0. The topological polar surface area (TPSA) is 97.3 Å². The molecule has 0 saturated carbocycles. The Hall–Kier alpha value is -3.42. The molecule has 3 aromatic rings. The SMILES string of the molecule is CCOc1ccc([C@@H]2CCCN2C(=O)c2cc(C)nc3c2c(=O)[nH]c(=O)n3C)cc1. The van der Waals surface area contributed by atoms with Gasteiger partial charge in [0.15, 0.2) is 0 Å². The molecule has 156 valence electrons. The average molecular weight is 408 g/mol. The molecule has 2 aromatic heterocycles. The maximum Gasteiger partial charge on any atom is 0.329 e. The molecule has 3 heterocycles. The quantitative estimate of drug-likeness (QED) is 0.714. The predicted molar refractivity (Wildman–Crippen MR) is 113 cm³/mol. The second-order valence-corrected chi connectivity index (χ2v) is 7.49. The van der Waals surface area contributed by atoms with Crippen LogP contribution < -0.4 is 16.0 Å². The maximum atomic E-state index is 13.5. The molecule has 1 aliphatic heterocycles. The molecular formula is C22H24N4O4. The van der Waals surface area contributed by atoms with Crippen molar-refractivity contribution in [1.29, 1.82) is 0 Å². The number of fused-ring (bicyclic) bond motifs is 1. The summed E-state index contributed by atoms with van der Waals surface area (Å²) < 4.78 is 6.77. The lowest BCUT2D eigenvalue weighted by Crippen LogP contribution is -2.34. The van der Waals surface area contributed by atoms with E-state index in [2.05, 4.69) is 9.97 Å². The number of H-pyrrole nitrogens is 1. The van der Waals surface area contributed by atoms with Crippen LogP contribution in [0.3, 0.4) is 0 Å². The molecule has 1 aromatic carbocycles. The maximum absolute atomic E-state index is 13.5. The molecule has 0 bridgehead atoms. The predicted octanol–water partition coefficient (Wildman–Crippen LogP) is 2.31. The van der Waals surface area contributed by atoms with Gasteiger partial charge in [0.1, 0.15) is 11.4 Å². The Morgan fingerprint density at radius 3 is 2.70 bits per heavy atom. The smallest absolute Gasteiger partial charge is 0.329 e. The lowest BCUT2D eigenvalue weighted by atomic mass is 10.0. The minimum absolute atomic E-state index is 0.0803. The van der Waals surface area contributed by atoms with Gasteiger partial charge in [-0.3, -0.25) is 19.1 Å². The van der Waals surface area contributed by atoms with Crippen LogP contribution in [0.25, 0.3) is 11.0 Å². The van der Waals surface area contributed by atoms with E-state index in [-0.39, 0.29) is 28.5 Å². The number of aromatic amines is 1. The van der Waals surface area contributed by atoms with E-state index in [1.54, 1.807) is 17.9 Å². The van der Waals surface area contributed by atoms with Gasteiger partial charge in [-0.15, -0.1) is 0 Å². The number of pyridine rings is 1. The van der Waals surface area contributed by atoms with Gasteiger partial charge in [-0.1, -0.05) is 12.1 Å². The van der Waals surface area contributed by atoms with Crippen molar-refractivity contribution >= 4 is 16.9 Å². The van der Waals surface area contributed by atoms with Crippen molar-refractivity contribution in [2.24, 2.45) is 7.05 Å². The molecule has 0 spiro atoms. The highest BCUT2D eigenvalue weighted by atomic mass is 16.5. The van der Waals surface area contributed by atoms with Gasteiger partial charge in [-0.05, 0) is 50.5 Å². The molecule has 1 aliphatic rings. The second-order valence-electron chi connectivity index (χ2n) is 7.49. The van der Waals surface area contributed by atoms with Crippen molar-refractivity contribution in [3.63, 3.8) is 0 Å². The minimum Gasteiger partial charge on any atom is -0.494 e. The minimum atomic E-state index is -0.597. The highest BCUT2D eigenvalue weighted by molar-refractivity contribution is 6.05. The lowest BCUT2D eigenvalue weighted by molar-refractivity contribution is 0.0737. The number of ether oxygens (including phenoxy) is 1. The fourth-order valence-corrected chi connectivity index (χ4v) is 4.10. The summed E-state index contributed by atoms with van der Waals surface area (Å²) in [5.41, 5.74) is 0.929. The summed E-state index contributed by atoms with van der Waals surface area (Å²) in [5.74, 6) is 0.561. The molecule has 30 heavy (non-hydrogen) atoms. The third kappa shape index (κ3) is 3.38. The van der Waals surface area contributed by atoms with Crippen LogP contribution in [-0.4, -0.2) is 38.5 Å². The Labute approximate surface area is 173 Å². The Morgan fingerprint density at radius 1 is 1.27 bits per heavy atom. The summed E-state index contributed by atoms with van der Waals surface area (Å²) in [6.07, 6.45) is 1.72. The largest absolute Gasteiger partial charge is 0.494 e. The fourth-order valence-electron chi connectivity index (χ4n) is 4.10. The number of aromatic nitrogens is 3. The zero-order chi connectivity index (χ0) is 21.4. The van der Waals surface area contributed by atoms with E-state index in [0.717, 1.165) is 24.2 Å². The summed E-state index contributed by atoms with van der Waals surface area (Å²) in [6.45, 7) is 4.88. The zero-order valence-corrected chi connectivity index (χ0v) is 17.3. The molecular weight excluding hydrogens is 384 g/mol. The van der Waals surface area contributed by atoms with Crippen LogP contribution in [0, 0.1) is 6.92 Å². The number of benzene rings is 1. The van der Waals surface area contributed by atoms with Crippen LogP contribution in [0.15, 0.2) is 39.9 Å². The van der Waals surface area contributed by atoms with Gasteiger partial charge >= 0.3 is 5.69 Å². The first-order chi connectivity index (χ1) is 14.4. The van der Waals surface area contributed by atoms with Gasteiger partial charge in [-0.2, -0.15) is 0 Å². The first-order valence-electron chi connectivity index (χ1n) is 10.0. The van der Waals surface area contributed by atoms with Crippen molar-refractivity contribution in [3.8, 4) is 5.75 Å². The normalized spacial score (nSPS) is 16.2. The number of aryl methyl sites for hydroxylation is 2. The van der Waals surface area contributed by atoms with Crippen LogP contribution >= 0.6 is 0 Å². The Morgan fingerprint density at radius 2 is 2.00 bits per heavy atom. The summed E-state index contributed by atoms with van der Waals surface area (Å²) in [7, 11) is 1.53. The van der Waals surface area contributed by atoms with Gasteiger partial charge < -0.3 is 9.64 Å². The number of hydrogen-bond acceptors (Lipinski definition) is 5. The van der Waals surface area contributed by atoms with Crippen molar-refractivity contribution in [1.82, 2.24) is 19.4 Å². The number of nitrogens with zero attached hydrogens (tertiary/aromatic N) is 3. The van der Waals surface area contributed by atoms with E-state index in [1.165, 1.54) is 11.6 Å². The van der Waals surface area contributed by atoms with Crippen molar-refractivity contribution in [2.45, 2.75) is 32.7 Å². The van der Waals surface area contributed by atoms with Crippen LogP contribution in [0.5, 0.6) is 5.75 Å². The van der Waals surface area contributed by atoms with E-state index in [0.29, 0.717) is 18.8 Å². The number of nitrogens with one attached hydrogen (secondary N) is 1. The van der Waals surface area contributed by atoms with Crippen LogP contribution in [0.1, 0.15) is 47.4 Å². The van der Waals surface area contributed by atoms with Crippen molar-refractivity contribution < 1.29 is 9.53 Å². The molecule has 0 radical (unpaired) electrons. The van der Waals surface area contributed by atoms with Crippen LogP contribution in [0.2, 0.25) is 0 Å². The van der Waals surface area contributed by atoms with Crippen LogP contribution in [-0.2, 0) is 7.05 Å². The van der Waals surface area contributed by atoms with Gasteiger partial charge in [-0.25, -0.2) is 9.78 Å². The molecule has 1 saturated heterocycles. The highest BCUT2D eigenvalue weighted by Crippen LogP contribution is 2.34. The Bertz CT molecular complexity index is 1230. The van der Waals surface area contributed by atoms with Gasteiger partial charge in [0, 0.05) is 19.3 Å². The van der Waals surface area contributed by atoms with Crippen molar-refractivity contribution in [2.75, 3.05) is 13.2 Å². The molecule has 0 aliphatic carbocycles. The molecule has 8 heteroatoms. The van der Waals surface area contributed by atoms with E-state index in [4.69, 9.17) is 4.74 Å². The highest BCUT2D eigenvalue weighted by Gasteiger charge is 2.32. The molecule has 1 fully saturated rings. The lowest BCUT2D eigenvalue weighted by Gasteiger charge is -2.26. The van der Waals surface area contributed by atoms with E-state index >= 15 is 0 Å². The fraction of sp³-hybridized carbons (Fsp3) is 0.364. The van der Waals surface area contributed by atoms with Crippen molar-refractivity contribution in [3.05, 3.63) is 68.0 Å². The van der Waals surface area contributed by atoms with Crippen LogP contribution in [0.4, 0.5) is 0 Å². The summed E-state index contributed by atoms with van der Waals surface area (Å²) in [5, 5.41) is 0.144. The monoisotopic (exact) mass is 408 g/mol. The number of carbonyl (C=O) groups is 1. The first-order valence-corrected chi connectivity index (χ1v) is 10.0. The van der Waals surface area contributed by atoms with E-state index < -0.39 is 11.2 Å². The molecule has 4 rings (SSSR count). The molecule has 0 unspecified atom stereocenters. The second kappa shape index (κ2) is 7.78. The third-order valence-electron chi connectivity index (χ3n) is 5.52. The third-order valence-corrected chi connectivity index (χ3v) is 5.52. The first kappa shape index (κ1) is 19.9. The number of rotatable bonds is 4. The average Bonchev–Trinajstić information content (AvgIpc) is 3.21. The van der Waals surface area contributed by atoms with E-state index in [9.17, 15) is 14.4 Å². The molecule has 8 nitrogen and oxygen atoms in total. The Balaban J connectivity index is 1.77. The standard InChI is InChI=1S/C22H24N4O4/c1-4-30-15-9-7-14(8-10-15)17-6-5-11-26(17)21(28)16-12-13(2)23-19-18(16)20(27)24-22(29)25(19)3/h7-10,12,17H,4-6,11H2,1-3H3,(H,24,27,29)/t17-/m0/s1. The number of hydrogen-bond donors (Lipinski definition) is 1. The summed E-state index contributed by atoms with van der Waals surface area (Å²) in [4.78, 5) is 46.5. The summed E-state index contributed by atoms with van der Waals surface area (Å²) in [6, 6.07) is 9.32. The van der Waals surface area contributed by atoms with E-state index in [1.807, 2.05) is 31.2 Å². The van der Waals surface area contributed by atoms with Gasteiger partial charge in [0.2, 0.25) is 0 Å². The van der Waals surface area contributed by atoms with Gasteiger partial charge in [0.25, 0.3) is 11.5 Å². The molecule has 1 N–H and O–H groups in total. The molecule has 1 amide bonds. The van der Waals surface area contributed by atoms with Gasteiger partial charge in [0.05, 0.1) is 23.6 Å². The molecule has 1 atom stereocenters. The Kier molecular flexibility index (Phi) is 5.15. The number of carbonyl (C=O) groups excluding carboxylic acids is 1. The zero-order valence-electron chi connectivity index (χ0n) is 17.3.